The van der Waals surface area contributed by atoms with Crippen molar-refractivity contribution in [2.24, 2.45) is 5.73 Å². The summed E-state index contributed by atoms with van der Waals surface area (Å²) in [5.41, 5.74) is 6.94. The van der Waals surface area contributed by atoms with Crippen LogP contribution in [0, 0.1) is 0 Å². The van der Waals surface area contributed by atoms with Crippen LogP contribution in [0.4, 0.5) is 0 Å². The van der Waals surface area contributed by atoms with E-state index in [0.717, 1.165) is 18.5 Å². The van der Waals surface area contributed by atoms with Crippen LogP contribution >= 0.6 is 0 Å². The van der Waals surface area contributed by atoms with Crippen LogP contribution in [0.3, 0.4) is 0 Å². The molecule has 0 radical (unpaired) electrons. The molecule has 1 rings (SSSR count). The molecule has 3 nitrogen and oxygen atoms in total. The number of rotatable bonds is 6. The van der Waals surface area contributed by atoms with Crippen molar-refractivity contribution >= 4 is 5.91 Å². The Hall–Kier alpha value is -1.35. The van der Waals surface area contributed by atoms with Crippen molar-refractivity contribution in [3.8, 4) is 0 Å². The van der Waals surface area contributed by atoms with Gasteiger partial charge in [-0.05, 0) is 36.9 Å². The Labute approximate surface area is 110 Å². The maximum absolute atomic E-state index is 11.7. The van der Waals surface area contributed by atoms with Crippen molar-refractivity contribution in [2.45, 2.75) is 45.6 Å². The molecule has 0 spiro atoms. The van der Waals surface area contributed by atoms with Crippen molar-refractivity contribution in [2.75, 3.05) is 6.54 Å². The van der Waals surface area contributed by atoms with Gasteiger partial charge < -0.3 is 5.73 Å². The number of carbonyl (C=O) groups excluding carboxylic acids is 1. The average Bonchev–Trinajstić information content (AvgIpc) is 2.35. The summed E-state index contributed by atoms with van der Waals surface area (Å²) < 4.78 is 0. The van der Waals surface area contributed by atoms with Crippen molar-refractivity contribution in [3.63, 3.8) is 0 Å². The number of nitrogens with two attached hydrogens (primary N) is 1. The van der Waals surface area contributed by atoms with Gasteiger partial charge in [-0.1, -0.05) is 45.0 Å². The molecule has 1 amide bonds. The summed E-state index contributed by atoms with van der Waals surface area (Å²) in [6.07, 6.45) is 0.965. The van der Waals surface area contributed by atoms with Crippen LogP contribution < -0.4 is 11.1 Å². The maximum atomic E-state index is 11.7. The van der Waals surface area contributed by atoms with E-state index in [9.17, 15) is 4.79 Å². The topological polar surface area (TPSA) is 55.1 Å². The number of benzene rings is 1. The van der Waals surface area contributed by atoms with Gasteiger partial charge in [0.15, 0.2) is 0 Å². The molecule has 1 aromatic rings. The fourth-order valence-corrected chi connectivity index (χ4v) is 1.91. The van der Waals surface area contributed by atoms with E-state index in [1.54, 1.807) is 0 Å². The zero-order chi connectivity index (χ0) is 13.8. The largest absolute Gasteiger partial charge is 0.368 e. The predicted octanol–water partition coefficient (Wildman–Crippen LogP) is 2.51. The highest BCUT2D eigenvalue weighted by atomic mass is 16.1. The van der Waals surface area contributed by atoms with Gasteiger partial charge in [0.1, 0.15) is 5.54 Å². The summed E-state index contributed by atoms with van der Waals surface area (Å²) in [4.78, 5) is 11.7. The van der Waals surface area contributed by atoms with E-state index in [-0.39, 0.29) is 5.91 Å². The van der Waals surface area contributed by atoms with Gasteiger partial charge in [0.05, 0.1) is 0 Å². The van der Waals surface area contributed by atoms with E-state index < -0.39 is 5.54 Å². The molecule has 1 atom stereocenters. The molecule has 3 N–H and O–H groups in total. The van der Waals surface area contributed by atoms with Gasteiger partial charge in [0.2, 0.25) is 5.91 Å². The third-order valence-corrected chi connectivity index (χ3v) is 3.38. The fraction of sp³-hybridized carbons (Fsp3) is 0.533. The zero-order valence-electron chi connectivity index (χ0n) is 11.8. The van der Waals surface area contributed by atoms with Crippen LogP contribution in [-0.2, 0) is 10.3 Å². The van der Waals surface area contributed by atoms with Crippen molar-refractivity contribution in [3.05, 3.63) is 35.4 Å². The monoisotopic (exact) mass is 248 g/mol. The molecule has 100 valence electrons. The number of primary amides is 1. The van der Waals surface area contributed by atoms with Gasteiger partial charge in [-0.2, -0.15) is 0 Å². The molecule has 0 heterocycles. The highest BCUT2D eigenvalue weighted by Gasteiger charge is 2.32. The summed E-state index contributed by atoms with van der Waals surface area (Å²) in [5.74, 6) is 0.149. The summed E-state index contributed by atoms with van der Waals surface area (Å²) in [6, 6.07) is 8.11. The lowest BCUT2D eigenvalue weighted by Crippen LogP contribution is -2.50. The number of nitrogens with one attached hydrogen (secondary N) is 1. The predicted molar refractivity (Wildman–Crippen MR) is 75.4 cm³/mol. The first-order valence-electron chi connectivity index (χ1n) is 6.57. The standard InChI is InChI=1S/C15H24N2O/c1-5-10-17-15(4,14(16)18)13-8-6-12(7-9-13)11(2)3/h6-9,11,17H,5,10H2,1-4H3,(H2,16,18). The highest BCUT2D eigenvalue weighted by Crippen LogP contribution is 2.23. The Balaban J connectivity index is 3.02. The van der Waals surface area contributed by atoms with Crippen LogP contribution in [0.1, 0.15) is 51.2 Å². The molecular weight excluding hydrogens is 224 g/mol. The van der Waals surface area contributed by atoms with Crippen LogP contribution in [-0.4, -0.2) is 12.5 Å². The smallest absolute Gasteiger partial charge is 0.242 e. The quantitative estimate of drug-likeness (QED) is 0.812. The number of amides is 1. The Bertz CT molecular complexity index is 397. The Morgan fingerprint density at radius 3 is 2.28 bits per heavy atom. The molecular formula is C15H24N2O. The number of hydrogen-bond acceptors (Lipinski definition) is 2. The number of hydrogen-bond donors (Lipinski definition) is 2. The molecule has 0 saturated heterocycles. The van der Waals surface area contributed by atoms with Crippen LogP contribution in [0.25, 0.3) is 0 Å². The normalized spacial score (nSPS) is 14.5. The van der Waals surface area contributed by atoms with Crippen molar-refractivity contribution in [1.29, 1.82) is 0 Å². The molecule has 1 aromatic carbocycles. The van der Waals surface area contributed by atoms with Crippen molar-refractivity contribution < 1.29 is 4.79 Å². The minimum Gasteiger partial charge on any atom is -0.368 e. The summed E-state index contributed by atoms with van der Waals surface area (Å²) in [5, 5.41) is 3.24. The molecule has 0 bridgehead atoms. The Morgan fingerprint density at radius 1 is 1.33 bits per heavy atom. The molecule has 3 heteroatoms. The third kappa shape index (κ3) is 3.10. The molecule has 0 saturated carbocycles. The van der Waals surface area contributed by atoms with Gasteiger partial charge in [-0.3, -0.25) is 10.1 Å². The minimum absolute atomic E-state index is 0.340. The molecule has 18 heavy (non-hydrogen) atoms. The SMILES string of the molecule is CCCNC(C)(C(N)=O)c1ccc(C(C)C)cc1. The van der Waals surface area contributed by atoms with Gasteiger partial charge >= 0.3 is 0 Å². The molecule has 0 fully saturated rings. The highest BCUT2D eigenvalue weighted by molar-refractivity contribution is 5.85. The average molecular weight is 248 g/mol. The molecule has 0 aliphatic carbocycles. The molecule has 0 aliphatic rings. The first kappa shape index (κ1) is 14.7. The Morgan fingerprint density at radius 2 is 1.89 bits per heavy atom. The molecule has 0 aromatic heterocycles. The van der Waals surface area contributed by atoms with E-state index in [0.29, 0.717) is 5.92 Å². The van der Waals surface area contributed by atoms with E-state index >= 15 is 0 Å². The van der Waals surface area contributed by atoms with E-state index in [2.05, 4.69) is 38.2 Å². The van der Waals surface area contributed by atoms with Crippen LogP contribution in [0.2, 0.25) is 0 Å². The van der Waals surface area contributed by atoms with Gasteiger partial charge in [-0.15, -0.1) is 0 Å². The Kier molecular flexibility index (Phi) is 4.91. The van der Waals surface area contributed by atoms with Gasteiger partial charge in [-0.25, -0.2) is 0 Å². The third-order valence-electron chi connectivity index (χ3n) is 3.38. The molecule has 0 aliphatic heterocycles. The second kappa shape index (κ2) is 6.01. The van der Waals surface area contributed by atoms with Crippen LogP contribution in [0.15, 0.2) is 24.3 Å². The van der Waals surface area contributed by atoms with Crippen LogP contribution in [0.5, 0.6) is 0 Å². The molecule has 1 unspecified atom stereocenters. The lowest BCUT2D eigenvalue weighted by Gasteiger charge is -2.28. The van der Waals surface area contributed by atoms with Crippen molar-refractivity contribution in [1.82, 2.24) is 5.32 Å². The minimum atomic E-state index is -0.786. The van der Waals surface area contributed by atoms with E-state index in [1.165, 1.54) is 5.56 Å². The zero-order valence-corrected chi connectivity index (χ0v) is 11.8. The number of carbonyl (C=O) groups is 1. The second-order valence-corrected chi connectivity index (χ2v) is 5.19. The van der Waals surface area contributed by atoms with E-state index in [1.807, 2.05) is 19.1 Å². The van der Waals surface area contributed by atoms with Gasteiger partial charge in [0.25, 0.3) is 0 Å². The lowest BCUT2D eigenvalue weighted by molar-refractivity contribution is -0.124. The second-order valence-electron chi connectivity index (χ2n) is 5.19. The maximum Gasteiger partial charge on any atom is 0.242 e. The summed E-state index contributed by atoms with van der Waals surface area (Å²) in [7, 11) is 0. The summed E-state index contributed by atoms with van der Waals surface area (Å²) in [6.45, 7) is 8.98. The van der Waals surface area contributed by atoms with E-state index in [4.69, 9.17) is 5.73 Å². The lowest BCUT2D eigenvalue weighted by atomic mass is 9.89. The first-order valence-corrected chi connectivity index (χ1v) is 6.57. The summed E-state index contributed by atoms with van der Waals surface area (Å²) >= 11 is 0. The van der Waals surface area contributed by atoms with Gasteiger partial charge in [0, 0.05) is 0 Å². The fourth-order valence-electron chi connectivity index (χ4n) is 1.91. The first-order chi connectivity index (χ1) is 8.41.